The van der Waals surface area contributed by atoms with Gasteiger partial charge in [-0.25, -0.2) is 8.78 Å². The Morgan fingerprint density at radius 3 is 2.20 bits per heavy atom. The van der Waals surface area contributed by atoms with E-state index in [9.17, 15) is 18.4 Å². The molecule has 1 aromatic heterocycles. The number of nitrogens with two attached hydrogens (primary N) is 1. The molecular weight excluding hydrogens is 352 g/mol. The minimum absolute atomic E-state index is 0.166. The highest BCUT2D eigenvalue weighted by Gasteiger charge is 2.16. The minimum atomic E-state index is -0.978. The lowest BCUT2D eigenvalue weighted by atomic mass is 10.1. The molecule has 0 atom stereocenters. The van der Waals surface area contributed by atoms with E-state index < -0.39 is 23.1 Å². The molecular formula is C17H10ClF2N3O2. The molecule has 2 aromatic carbocycles. The third kappa shape index (κ3) is 3.41. The summed E-state index contributed by atoms with van der Waals surface area (Å²) >= 11 is 5.84. The smallest absolute Gasteiger partial charge is 0.284 e. The van der Waals surface area contributed by atoms with Crippen molar-refractivity contribution in [1.82, 2.24) is 9.78 Å². The van der Waals surface area contributed by atoms with Crippen LogP contribution in [0.2, 0.25) is 5.02 Å². The van der Waals surface area contributed by atoms with Gasteiger partial charge >= 0.3 is 0 Å². The Balaban J connectivity index is 2.29. The fraction of sp³-hybridized carbons (Fsp3) is 0. The van der Waals surface area contributed by atoms with Crippen molar-refractivity contribution >= 4 is 17.5 Å². The van der Waals surface area contributed by atoms with Gasteiger partial charge in [0, 0.05) is 16.7 Å². The van der Waals surface area contributed by atoms with Gasteiger partial charge in [-0.05, 0) is 30.3 Å². The first-order chi connectivity index (χ1) is 11.8. The molecule has 8 heteroatoms. The van der Waals surface area contributed by atoms with E-state index in [0.29, 0.717) is 16.7 Å². The summed E-state index contributed by atoms with van der Waals surface area (Å²) in [5, 5.41) is 4.57. The number of hydrogen-bond donors (Lipinski definition) is 1. The normalized spacial score (nSPS) is 10.7. The lowest BCUT2D eigenvalue weighted by Crippen LogP contribution is -2.30. The molecule has 25 heavy (non-hydrogen) atoms. The Hall–Kier alpha value is -3.06. The zero-order valence-electron chi connectivity index (χ0n) is 12.5. The molecule has 0 aliphatic heterocycles. The third-order valence-electron chi connectivity index (χ3n) is 3.41. The van der Waals surface area contributed by atoms with Gasteiger partial charge in [-0.3, -0.25) is 9.59 Å². The highest BCUT2D eigenvalue weighted by Crippen LogP contribution is 2.20. The van der Waals surface area contributed by atoms with Gasteiger partial charge in [0.1, 0.15) is 17.2 Å². The summed E-state index contributed by atoms with van der Waals surface area (Å²) in [5.41, 5.74) is 4.60. The van der Waals surface area contributed by atoms with Crippen LogP contribution in [-0.4, -0.2) is 15.7 Å². The lowest BCUT2D eigenvalue weighted by molar-refractivity contribution is 0.0998. The fourth-order valence-electron chi connectivity index (χ4n) is 2.27. The standard InChI is InChI=1S/C17H10ClF2N3O2/c18-10-3-1-9(2-4-10)15-8-14(16(21)24)17(25)23(22-15)13-6-11(19)5-12(20)7-13/h1-8H,(H2,21,24). The number of aromatic nitrogens is 2. The van der Waals surface area contributed by atoms with Crippen LogP contribution in [0.1, 0.15) is 10.4 Å². The van der Waals surface area contributed by atoms with Crippen molar-refractivity contribution < 1.29 is 13.6 Å². The maximum atomic E-state index is 13.5. The summed E-state index contributed by atoms with van der Waals surface area (Å²) in [4.78, 5) is 24.0. The number of carbonyl (C=O) groups excluding carboxylic acids is 1. The molecule has 5 nitrogen and oxygen atoms in total. The highest BCUT2D eigenvalue weighted by atomic mass is 35.5. The van der Waals surface area contributed by atoms with Crippen LogP contribution in [-0.2, 0) is 0 Å². The van der Waals surface area contributed by atoms with E-state index in [4.69, 9.17) is 17.3 Å². The summed E-state index contributed by atoms with van der Waals surface area (Å²) in [5.74, 6) is -2.75. The van der Waals surface area contributed by atoms with E-state index in [0.717, 1.165) is 16.8 Å². The number of carbonyl (C=O) groups is 1. The van der Waals surface area contributed by atoms with Crippen molar-refractivity contribution in [3.8, 4) is 16.9 Å². The van der Waals surface area contributed by atoms with Gasteiger partial charge in [0.2, 0.25) is 0 Å². The van der Waals surface area contributed by atoms with Gasteiger partial charge in [0.05, 0.1) is 11.4 Å². The first kappa shape index (κ1) is 16.8. The zero-order chi connectivity index (χ0) is 18.1. The van der Waals surface area contributed by atoms with Crippen molar-refractivity contribution in [2.75, 3.05) is 0 Å². The molecule has 126 valence electrons. The van der Waals surface area contributed by atoms with Crippen LogP contribution in [0.4, 0.5) is 8.78 Å². The Kier molecular flexibility index (Phi) is 4.33. The van der Waals surface area contributed by atoms with Gasteiger partial charge < -0.3 is 5.73 Å². The second-order valence-corrected chi connectivity index (χ2v) is 5.60. The van der Waals surface area contributed by atoms with Crippen LogP contribution in [0.25, 0.3) is 16.9 Å². The minimum Gasteiger partial charge on any atom is -0.365 e. The largest absolute Gasteiger partial charge is 0.365 e. The van der Waals surface area contributed by atoms with Crippen LogP contribution in [0, 0.1) is 11.6 Å². The quantitative estimate of drug-likeness (QED) is 0.779. The Morgan fingerprint density at radius 1 is 1.04 bits per heavy atom. The Morgan fingerprint density at radius 2 is 1.64 bits per heavy atom. The van der Waals surface area contributed by atoms with Gasteiger partial charge in [-0.2, -0.15) is 9.78 Å². The van der Waals surface area contributed by atoms with E-state index in [1.165, 1.54) is 6.07 Å². The highest BCUT2D eigenvalue weighted by molar-refractivity contribution is 6.30. The average Bonchev–Trinajstić information content (AvgIpc) is 2.54. The molecule has 3 aromatic rings. The van der Waals surface area contributed by atoms with Crippen molar-refractivity contribution in [3.05, 3.63) is 81.1 Å². The number of nitrogens with zero attached hydrogens (tertiary/aromatic N) is 2. The van der Waals surface area contributed by atoms with Gasteiger partial charge in [0.15, 0.2) is 0 Å². The average molecular weight is 362 g/mol. The number of primary amides is 1. The number of amides is 1. The number of hydrogen-bond acceptors (Lipinski definition) is 3. The van der Waals surface area contributed by atoms with Crippen molar-refractivity contribution in [3.63, 3.8) is 0 Å². The van der Waals surface area contributed by atoms with E-state index in [1.807, 2.05) is 0 Å². The maximum Gasteiger partial charge on any atom is 0.284 e. The monoisotopic (exact) mass is 361 g/mol. The number of rotatable bonds is 3. The van der Waals surface area contributed by atoms with Crippen LogP contribution in [0.3, 0.4) is 0 Å². The van der Waals surface area contributed by atoms with Crippen LogP contribution in [0.15, 0.2) is 53.3 Å². The SMILES string of the molecule is NC(=O)c1cc(-c2ccc(Cl)cc2)nn(-c2cc(F)cc(F)c2)c1=O. The molecule has 0 unspecified atom stereocenters. The first-order valence-corrected chi connectivity index (χ1v) is 7.39. The summed E-state index contributed by atoms with van der Waals surface area (Å²) in [6.45, 7) is 0. The molecule has 0 saturated carbocycles. The summed E-state index contributed by atoms with van der Waals surface area (Å²) in [6, 6.07) is 10.2. The Bertz CT molecular complexity index is 1010. The molecule has 1 heterocycles. The first-order valence-electron chi connectivity index (χ1n) is 7.02. The molecule has 0 aliphatic carbocycles. The summed E-state index contributed by atoms with van der Waals surface area (Å²) in [7, 11) is 0. The maximum absolute atomic E-state index is 13.5. The lowest BCUT2D eigenvalue weighted by Gasteiger charge is -2.10. The number of benzene rings is 2. The van der Waals surface area contributed by atoms with Crippen LogP contribution >= 0.6 is 11.6 Å². The van der Waals surface area contributed by atoms with Gasteiger partial charge in [-0.15, -0.1) is 0 Å². The van der Waals surface area contributed by atoms with E-state index in [-0.39, 0.29) is 16.9 Å². The second kappa shape index (κ2) is 6.45. The van der Waals surface area contributed by atoms with Crippen molar-refractivity contribution in [2.24, 2.45) is 5.73 Å². The molecule has 3 rings (SSSR count). The van der Waals surface area contributed by atoms with Crippen molar-refractivity contribution in [2.45, 2.75) is 0 Å². The third-order valence-corrected chi connectivity index (χ3v) is 3.66. The summed E-state index contributed by atoms with van der Waals surface area (Å²) < 4.78 is 27.7. The van der Waals surface area contributed by atoms with Crippen molar-refractivity contribution in [1.29, 1.82) is 0 Å². The molecule has 1 amide bonds. The zero-order valence-corrected chi connectivity index (χ0v) is 13.3. The predicted molar refractivity (Wildman–Crippen MR) is 88.7 cm³/mol. The molecule has 0 aliphatic rings. The van der Waals surface area contributed by atoms with Gasteiger partial charge in [-0.1, -0.05) is 23.7 Å². The molecule has 0 saturated heterocycles. The second-order valence-electron chi connectivity index (χ2n) is 5.16. The van der Waals surface area contributed by atoms with E-state index >= 15 is 0 Å². The number of halogens is 3. The molecule has 2 N–H and O–H groups in total. The van der Waals surface area contributed by atoms with E-state index in [1.54, 1.807) is 24.3 Å². The van der Waals surface area contributed by atoms with Gasteiger partial charge in [0.25, 0.3) is 11.5 Å². The van der Waals surface area contributed by atoms with Crippen LogP contribution in [0.5, 0.6) is 0 Å². The van der Waals surface area contributed by atoms with Crippen LogP contribution < -0.4 is 11.3 Å². The van der Waals surface area contributed by atoms with E-state index in [2.05, 4.69) is 5.10 Å². The Labute approximate surface area is 145 Å². The molecule has 0 spiro atoms. The topological polar surface area (TPSA) is 78.0 Å². The predicted octanol–water partition coefficient (Wildman–Crippen LogP) is 2.93. The molecule has 0 fully saturated rings. The molecule has 0 bridgehead atoms. The fourth-order valence-corrected chi connectivity index (χ4v) is 2.40. The molecule has 0 radical (unpaired) electrons. The summed E-state index contributed by atoms with van der Waals surface area (Å²) in [6.07, 6.45) is 0.